The number of fused-ring (bicyclic) bond motifs is 1. The molecule has 0 bridgehead atoms. The van der Waals surface area contributed by atoms with Crippen LogP contribution in [-0.4, -0.2) is 44.0 Å². The van der Waals surface area contributed by atoms with Crippen molar-refractivity contribution in [2.45, 2.75) is 0 Å². The SMILES string of the molecule is O=C1COc2ccc(NCC3(CO)COC3)cc2N1. The van der Waals surface area contributed by atoms with Gasteiger partial charge in [0, 0.05) is 12.2 Å². The van der Waals surface area contributed by atoms with Gasteiger partial charge in [0.05, 0.1) is 30.9 Å². The molecule has 1 amide bonds. The lowest BCUT2D eigenvalue weighted by Gasteiger charge is -2.40. The molecule has 1 saturated heterocycles. The molecule has 1 aromatic carbocycles. The van der Waals surface area contributed by atoms with Crippen LogP contribution in [0.15, 0.2) is 18.2 Å². The molecule has 6 nitrogen and oxygen atoms in total. The molecule has 19 heavy (non-hydrogen) atoms. The lowest BCUT2D eigenvalue weighted by Crippen LogP contribution is -2.50. The Morgan fingerprint density at radius 2 is 2.26 bits per heavy atom. The Hall–Kier alpha value is -1.79. The average Bonchev–Trinajstić information content (AvgIpc) is 2.37. The van der Waals surface area contributed by atoms with E-state index in [2.05, 4.69) is 10.6 Å². The highest BCUT2D eigenvalue weighted by molar-refractivity contribution is 5.96. The van der Waals surface area contributed by atoms with Gasteiger partial charge in [-0.15, -0.1) is 0 Å². The Bertz CT molecular complexity index is 494. The van der Waals surface area contributed by atoms with Crippen molar-refractivity contribution in [3.63, 3.8) is 0 Å². The third kappa shape index (κ3) is 2.36. The lowest BCUT2D eigenvalue weighted by molar-refractivity contribution is -0.128. The van der Waals surface area contributed by atoms with Crippen LogP contribution in [0, 0.1) is 5.41 Å². The van der Waals surface area contributed by atoms with E-state index in [0.717, 1.165) is 5.69 Å². The van der Waals surface area contributed by atoms with Gasteiger partial charge in [0.25, 0.3) is 5.91 Å². The number of aliphatic hydroxyl groups is 1. The summed E-state index contributed by atoms with van der Waals surface area (Å²) in [4.78, 5) is 11.2. The second kappa shape index (κ2) is 4.71. The Morgan fingerprint density at radius 3 is 2.95 bits per heavy atom. The van der Waals surface area contributed by atoms with Gasteiger partial charge < -0.3 is 25.2 Å². The van der Waals surface area contributed by atoms with Gasteiger partial charge in [-0.2, -0.15) is 0 Å². The number of hydrogen-bond acceptors (Lipinski definition) is 5. The molecule has 2 heterocycles. The van der Waals surface area contributed by atoms with Crippen molar-refractivity contribution in [1.29, 1.82) is 0 Å². The first kappa shape index (κ1) is 12.3. The standard InChI is InChI=1S/C13H16N2O4/c16-6-13(7-18-8-13)5-14-9-1-2-11-10(3-9)15-12(17)4-19-11/h1-3,14,16H,4-8H2,(H,15,17). The molecule has 0 aliphatic carbocycles. The Labute approximate surface area is 110 Å². The fourth-order valence-electron chi connectivity index (χ4n) is 2.12. The maximum absolute atomic E-state index is 11.2. The molecule has 0 aromatic heterocycles. The normalized spacial score (nSPS) is 19.7. The largest absolute Gasteiger partial charge is 0.482 e. The summed E-state index contributed by atoms with van der Waals surface area (Å²) in [5, 5.41) is 15.4. The van der Waals surface area contributed by atoms with Crippen LogP contribution >= 0.6 is 0 Å². The smallest absolute Gasteiger partial charge is 0.262 e. The van der Waals surface area contributed by atoms with Crippen molar-refractivity contribution in [3.05, 3.63) is 18.2 Å². The third-order valence-corrected chi connectivity index (χ3v) is 3.43. The minimum Gasteiger partial charge on any atom is -0.482 e. The predicted octanol–water partition coefficient (Wildman–Crippen LogP) is 0.438. The zero-order valence-electron chi connectivity index (χ0n) is 10.4. The molecule has 0 atom stereocenters. The van der Waals surface area contributed by atoms with E-state index in [1.165, 1.54) is 0 Å². The van der Waals surface area contributed by atoms with Gasteiger partial charge in [0.1, 0.15) is 5.75 Å². The summed E-state index contributed by atoms with van der Waals surface area (Å²) in [6, 6.07) is 5.54. The van der Waals surface area contributed by atoms with Crippen molar-refractivity contribution in [3.8, 4) is 5.75 Å². The first-order chi connectivity index (χ1) is 9.21. The molecule has 102 valence electrons. The first-order valence-corrected chi connectivity index (χ1v) is 6.20. The maximum atomic E-state index is 11.2. The third-order valence-electron chi connectivity index (χ3n) is 3.43. The fourth-order valence-corrected chi connectivity index (χ4v) is 2.12. The van der Waals surface area contributed by atoms with E-state index in [1.54, 1.807) is 0 Å². The molecule has 0 radical (unpaired) electrons. The Balaban J connectivity index is 1.68. The van der Waals surface area contributed by atoms with Crippen LogP contribution in [0.25, 0.3) is 0 Å². The lowest BCUT2D eigenvalue weighted by atomic mass is 9.87. The zero-order valence-corrected chi connectivity index (χ0v) is 10.4. The number of rotatable bonds is 4. The average molecular weight is 264 g/mol. The topological polar surface area (TPSA) is 79.8 Å². The highest BCUT2D eigenvalue weighted by Gasteiger charge is 2.37. The second-order valence-electron chi connectivity index (χ2n) is 5.05. The predicted molar refractivity (Wildman–Crippen MR) is 69.4 cm³/mol. The number of carbonyl (C=O) groups is 1. The number of benzene rings is 1. The molecule has 0 spiro atoms. The van der Waals surface area contributed by atoms with E-state index in [-0.39, 0.29) is 24.5 Å². The van der Waals surface area contributed by atoms with Crippen LogP contribution in [0.4, 0.5) is 11.4 Å². The summed E-state index contributed by atoms with van der Waals surface area (Å²) >= 11 is 0. The number of nitrogens with one attached hydrogen (secondary N) is 2. The number of hydrogen-bond donors (Lipinski definition) is 3. The minimum atomic E-state index is -0.185. The van der Waals surface area contributed by atoms with E-state index in [4.69, 9.17) is 9.47 Å². The summed E-state index contributed by atoms with van der Waals surface area (Å²) in [6.45, 7) is 1.94. The molecular weight excluding hydrogens is 248 g/mol. The van der Waals surface area contributed by atoms with Crippen molar-refractivity contribution in [2.75, 3.05) is 43.6 Å². The van der Waals surface area contributed by atoms with Crippen LogP contribution in [-0.2, 0) is 9.53 Å². The van der Waals surface area contributed by atoms with Gasteiger partial charge in [-0.3, -0.25) is 4.79 Å². The molecule has 3 N–H and O–H groups in total. The number of aliphatic hydroxyl groups excluding tert-OH is 1. The molecule has 6 heteroatoms. The quantitative estimate of drug-likeness (QED) is 0.735. The molecule has 0 saturated carbocycles. The van der Waals surface area contributed by atoms with Crippen LogP contribution < -0.4 is 15.4 Å². The molecular formula is C13H16N2O4. The van der Waals surface area contributed by atoms with Crippen LogP contribution in [0.2, 0.25) is 0 Å². The van der Waals surface area contributed by atoms with Crippen molar-refractivity contribution in [1.82, 2.24) is 0 Å². The first-order valence-electron chi connectivity index (χ1n) is 6.20. The molecule has 1 fully saturated rings. The highest BCUT2D eigenvalue weighted by atomic mass is 16.5. The summed E-state index contributed by atoms with van der Waals surface area (Å²) in [7, 11) is 0. The van der Waals surface area contributed by atoms with Gasteiger partial charge >= 0.3 is 0 Å². The van der Waals surface area contributed by atoms with Gasteiger partial charge in [-0.05, 0) is 18.2 Å². The Kier molecular flexibility index (Phi) is 3.04. The monoisotopic (exact) mass is 264 g/mol. The summed E-state index contributed by atoms with van der Waals surface area (Å²) in [6.07, 6.45) is 0. The summed E-state index contributed by atoms with van der Waals surface area (Å²) in [5.74, 6) is 0.526. The van der Waals surface area contributed by atoms with Gasteiger partial charge in [0.2, 0.25) is 0 Å². The van der Waals surface area contributed by atoms with Crippen molar-refractivity contribution < 1.29 is 19.4 Å². The number of amides is 1. The molecule has 2 aliphatic heterocycles. The molecule has 0 unspecified atom stereocenters. The molecule has 1 aromatic rings. The van der Waals surface area contributed by atoms with Gasteiger partial charge in [-0.1, -0.05) is 0 Å². The number of ether oxygens (including phenoxy) is 2. The Morgan fingerprint density at radius 1 is 1.42 bits per heavy atom. The van der Waals surface area contributed by atoms with Crippen LogP contribution in [0.1, 0.15) is 0 Å². The van der Waals surface area contributed by atoms with E-state index in [0.29, 0.717) is 31.2 Å². The summed E-state index contributed by atoms with van der Waals surface area (Å²) in [5.41, 5.74) is 1.36. The minimum absolute atomic E-state index is 0.0603. The molecule has 2 aliphatic rings. The molecule has 3 rings (SSSR count). The highest BCUT2D eigenvalue weighted by Crippen LogP contribution is 2.32. The van der Waals surface area contributed by atoms with E-state index in [9.17, 15) is 9.90 Å². The van der Waals surface area contributed by atoms with Crippen LogP contribution in [0.3, 0.4) is 0 Å². The van der Waals surface area contributed by atoms with Gasteiger partial charge in [0.15, 0.2) is 6.61 Å². The van der Waals surface area contributed by atoms with Crippen molar-refractivity contribution >= 4 is 17.3 Å². The number of anilines is 2. The van der Waals surface area contributed by atoms with E-state index < -0.39 is 0 Å². The summed E-state index contributed by atoms with van der Waals surface area (Å²) < 4.78 is 10.4. The van der Waals surface area contributed by atoms with E-state index in [1.807, 2.05) is 18.2 Å². The van der Waals surface area contributed by atoms with Crippen molar-refractivity contribution in [2.24, 2.45) is 5.41 Å². The zero-order chi connectivity index (χ0) is 13.3. The fraction of sp³-hybridized carbons (Fsp3) is 0.462. The number of carbonyl (C=O) groups excluding carboxylic acids is 1. The van der Waals surface area contributed by atoms with Gasteiger partial charge in [-0.25, -0.2) is 0 Å². The second-order valence-corrected chi connectivity index (χ2v) is 5.05. The van der Waals surface area contributed by atoms with Crippen LogP contribution in [0.5, 0.6) is 5.75 Å². The van der Waals surface area contributed by atoms with E-state index >= 15 is 0 Å². The maximum Gasteiger partial charge on any atom is 0.262 e.